The normalized spacial score (nSPS) is 12.9. The average molecular weight is 399 g/mol. The first kappa shape index (κ1) is 19.8. The van der Waals surface area contributed by atoms with Crippen LogP contribution in [0.2, 0.25) is 0 Å². The second kappa shape index (κ2) is 9.27. The van der Waals surface area contributed by atoms with Crippen molar-refractivity contribution in [1.29, 1.82) is 0 Å². The summed E-state index contributed by atoms with van der Waals surface area (Å²) < 4.78 is 10.4. The summed E-state index contributed by atoms with van der Waals surface area (Å²) >= 11 is 1.51. The van der Waals surface area contributed by atoms with Crippen molar-refractivity contribution >= 4 is 23.2 Å². The Kier molecular flexibility index (Phi) is 6.54. The molecule has 2 heterocycles. The van der Waals surface area contributed by atoms with E-state index in [1.807, 2.05) is 54.8 Å². The van der Waals surface area contributed by atoms with Crippen LogP contribution in [0.4, 0.5) is 0 Å². The lowest BCUT2D eigenvalue weighted by molar-refractivity contribution is -0.155. The van der Waals surface area contributed by atoms with Gasteiger partial charge in [-0.15, -0.1) is 11.3 Å². The molecule has 0 aliphatic rings. The standard InChI is InChI=1S/C20H21N3O4S/c1-13(15-7-4-3-5-8-15)21-20(25)14(2)26-18(24)11-10-17-22-19(23-27-17)16-9-6-12-28-16/h3-9,12-14H,10-11H2,1-2H3,(H,21,25). The van der Waals surface area contributed by atoms with Crippen LogP contribution in [0.3, 0.4) is 0 Å². The van der Waals surface area contributed by atoms with E-state index < -0.39 is 12.1 Å². The fraction of sp³-hybridized carbons (Fsp3) is 0.300. The fourth-order valence-corrected chi connectivity index (χ4v) is 3.19. The highest BCUT2D eigenvalue weighted by molar-refractivity contribution is 7.13. The Morgan fingerprint density at radius 1 is 1.18 bits per heavy atom. The number of rotatable bonds is 8. The van der Waals surface area contributed by atoms with Gasteiger partial charge in [0, 0.05) is 6.42 Å². The number of hydrogen-bond donors (Lipinski definition) is 1. The lowest BCUT2D eigenvalue weighted by Gasteiger charge is -2.18. The summed E-state index contributed by atoms with van der Waals surface area (Å²) in [5.74, 6) is 0.0181. The lowest BCUT2D eigenvalue weighted by Crippen LogP contribution is -2.37. The predicted octanol–water partition coefficient (Wildman–Crippen LogP) is 3.54. The van der Waals surface area contributed by atoms with Crippen molar-refractivity contribution in [2.45, 2.75) is 38.8 Å². The Morgan fingerprint density at radius 2 is 1.96 bits per heavy atom. The minimum absolute atomic E-state index is 0.0535. The second-order valence-corrected chi connectivity index (χ2v) is 7.21. The number of hydrogen-bond acceptors (Lipinski definition) is 7. The molecule has 3 rings (SSSR count). The molecular weight excluding hydrogens is 378 g/mol. The molecule has 0 radical (unpaired) electrons. The Hall–Kier alpha value is -3.00. The van der Waals surface area contributed by atoms with Crippen LogP contribution in [0, 0.1) is 0 Å². The van der Waals surface area contributed by atoms with Crippen LogP contribution >= 0.6 is 11.3 Å². The average Bonchev–Trinajstić information content (AvgIpc) is 3.38. The highest BCUT2D eigenvalue weighted by Gasteiger charge is 2.20. The molecule has 3 aromatic rings. The first-order valence-corrected chi connectivity index (χ1v) is 9.82. The van der Waals surface area contributed by atoms with E-state index in [0.29, 0.717) is 11.7 Å². The van der Waals surface area contributed by atoms with Crippen LogP contribution in [-0.2, 0) is 20.7 Å². The first-order valence-electron chi connectivity index (χ1n) is 8.94. The third kappa shape index (κ3) is 5.26. The number of thiophene rings is 1. The lowest BCUT2D eigenvalue weighted by atomic mass is 10.1. The van der Waals surface area contributed by atoms with Crippen LogP contribution in [0.1, 0.15) is 37.8 Å². The zero-order chi connectivity index (χ0) is 19.9. The molecule has 0 saturated carbocycles. The smallest absolute Gasteiger partial charge is 0.307 e. The topological polar surface area (TPSA) is 94.3 Å². The Balaban J connectivity index is 1.44. The maximum absolute atomic E-state index is 12.2. The molecule has 0 aliphatic heterocycles. The number of benzene rings is 1. The van der Waals surface area contributed by atoms with Crippen molar-refractivity contribution in [2.24, 2.45) is 0 Å². The summed E-state index contributed by atoms with van der Waals surface area (Å²) in [6.45, 7) is 3.43. The molecule has 2 aromatic heterocycles. The van der Waals surface area contributed by atoms with E-state index in [9.17, 15) is 9.59 Å². The van der Waals surface area contributed by atoms with Crippen molar-refractivity contribution in [1.82, 2.24) is 15.5 Å². The van der Waals surface area contributed by atoms with Gasteiger partial charge < -0.3 is 14.6 Å². The third-order valence-corrected chi connectivity index (χ3v) is 4.95. The van der Waals surface area contributed by atoms with E-state index in [1.165, 1.54) is 11.3 Å². The molecule has 0 saturated heterocycles. The Morgan fingerprint density at radius 3 is 2.68 bits per heavy atom. The molecule has 8 heteroatoms. The van der Waals surface area contributed by atoms with E-state index in [-0.39, 0.29) is 24.8 Å². The highest BCUT2D eigenvalue weighted by Crippen LogP contribution is 2.21. The van der Waals surface area contributed by atoms with Gasteiger partial charge in [0.1, 0.15) is 0 Å². The molecule has 1 amide bonds. The summed E-state index contributed by atoms with van der Waals surface area (Å²) in [6, 6.07) is 13.2. The molecule has 1 aromatic carbocycles. The molecule has 28 heavy (non-hydrogen) atoms. The van der Waals surface area contributed by atoms with Crippen LogP contribution in [-0.4, -0.2) is 28.1 Å². The number of ether oxygens (including phenoxy) is 1. The minimum Gasteiger partial charge on any atom is -0.453 e. The molecule has 0 bridgehead atoms. The third-order valence-electron chi connectivity index (χ3n) is 4.09. The SMILES string of the molecule is CC(OC(=O)CCc1nc(-c2cccs2)no1)C(=O)NC(C)c1ccccc1. The van der Waals surface area contributed by atoms with Crippen molar-refractivity contribution in [2.75, 3.05) is 0 Å². The molecule has 146 valence electrons. The van der Waals surface area contributed by atoms with Gasteiger partial charge in [-0.05, 0) is 30.9 Å². The summed E-state index contributed by atoms with van der Waals surface area (Å²) in [5.41, 5.74) is 0.979. The molecule has 1 N–H and O–H groups in total. The van der Waals surface area contributed by atoms with Gasteiger partial charge in [0.05, 0.1) is 17.3 Å². The fourth-order valence-electron chi connectivity index (χ4n) is 2.54. The van der Waals surface area contributed by atoms with E-state index in [1.54, 1.807) is 6.92 Å². The molecule has 2 unspecified atom stereocenters. The largest absolute Gasteiger partial charge is 0.453 e. The number of carbonyl (C=O) groups is 2. The van der Waals surface area contributed by atoms with E-state index >= 15 is 0 Å². The highest BCUT2D eigenvalue weighted by atomic mass is 32.1. The maximum Gasteiger partial charge on any atom is 0.307 e. The summed E-state index contributed by atoms with van der Waals surface area (Å²) in [5, 5.41) is 8.66. The van der Waals surface area contributed by atoms with Gasteiger partial charge in [-0.3, -0.25) is 9.59 Å². The van der Waals surface area contributed by atoms with Crippen molar-refractivity contribution in [3.8, 4) is 10.7 Å². The van der Waals surface area contributed by atoms with Crippen molar-refractivity contribution in [3.05, 3.63) is 59.3 Å². The zero-order valence-electron chi connectivity index (χ0n) is 15.6. The van der Waals surface area contributed by atoms with Crippen molar-refractivity contribution in [3.63, 3.8) is 0 Å². The number of carbonyl (C=O) groups excluding carboxylic acids is 2. The van der Waals surface area contributed by atoms with Crippen molar-refractivity contribution < 1.29 is 18.8 Å². The number of esters is 1. The molecular formula is C20H21N3O4S. The van der Waals surface area contributed by atoms with E-state index in [4.69, 9.17) is 9.26 Å². The number of nitrogens with one attached hydrogen (secondary N) is 1. The monoisotopic (exact) mass is 399 g/mol. The van der Waals surface area contributed by atoms with Crippen LogP contribution in [0.25, 0.3) is 10.7 Å². The van der Waals surface area contributed by atoms with Gasteiger partial charge >= 0.3 is 5.97 Å². The molecule has 2 atom stereocenters. The van der Waals surface area contributed by atoms with E-state index in [2.05, 4.69) is 15.5 Å². The maximum atomic E-state index is 12.2. The summed E-state index contributed by atoms with van der Waals surface area (Å²) in [7, 11) is 0. The molecule has 0 aliphatic carbocycles. The summed E-state index contributed by atoms with van der Waals surface area (Å²) in [6.07, 6.45) is -0.577. The van der Waals surface area contributed by atoms with Gasteiger partial charge in [0.2, 0.25) is 11.7 Å². The first-order chi connectivity index (χ1) is 13.5. The van der Waals surface area contributed by atoms with E-state index in [0.717, 1.165) is 10.4 Å². The molecule has 0 fully saturated rings. The summed E-state index contributed by atoms with van der Waals surface area (Å²) in [4.78, 5) is 29.4. The van der Waals surface area contributed by atoms with Gasteiger partial charge in [0.15, 0.2) is 6.10 Å². The van der Waals surface area contributed by atoms with Crippen LogP contribution in [0.5, 0.6) is 0 Å². The molecule has 7 nitrogen and oxygen atoms in total. The predicted molar refractivity (Wildman–Crippen MR) is 104 cm³/mol. The number of amides is 1. The Labute approximate surface area is 166 Å². The van der Waals surface area contributed by atoms with Gasteiger partial charge in [-0.25, -0.2) is 0 Å². The molecule has 0 spiro atoms. The second-order valence-electron chi connectivity index (χ2n) is 6.26. The number of aromatic nitrogens is 2. The van der Waals surface area contributed by atoms with Gasteiger partial charge in [-0.1, -0.05) is 41.6 Å². The zero-order valence-corrected chi connectivity index (χ0v) is 16.4. The van der Waals surface area contributed by atoms with Gasteiger partial charge in [0.25, 0.3) is 5.91 Å². The van der Waals surface area contributed by atoms with Crippen LogP contribution < -0.4 is 5.32 Å². The quantitative estimate of drug-likeness (QED) is 0.582. The Bertz CT molecular complexity index is 909. The van der Waals surface area contributed by atoms with Crippen LogP contribution in [0.15, 0.2) is 52.4 Å². The van der Waals surface area contributed by atoms with Gasteiger partial charge in [-0.2, -0.15) is 4.98 Å². The number of aryl methyl sites for hydroxylation is 1. The minimum atomic E-state index is -0.886. The number of nitrogens with zero attached hydrogens (tertiary/aromatic N) is 2.